The molecule has 0 aliphatic rings. The predicted octanol–water partition coefficient (Wildman–Crippen LogP) is 2.88. The van der Waals surface area contributed by atoms with E-state index in [1.165, 1.54) is 19.2 Å². The number of aromatic nitrogens is 1. The van der Waals surface area contributed by atoms with Crippen molar-refractivity contribution in [2.75, 3.05) is 0 Å². The van der Waals surface area contributed by atoms with Gasteiger partial charge in [0, 0.05) is 13.0 Å². The molecule has 6 heteroatoms. The Morgan fingerprint density at radius 3 is 2.50 bits per heavy atom. The van der Waals surface area contributed by atoms with E-state index in [1.54, 1.807) is 30.3 Å². The van der Waals surface area contributed by atoms with Crippen molar-refractivity contribution in [2.45, 2.75) is 6.92 Å². The Morgan fingerprint density at radius 1 is 1.15 bits per heavy atom. The van der Waals surface area contributed by atoms with E-state index in [2.05, 4.69) is 4.98 Å². The molecule has 0 fully saturated rings. The van der Waals surface area contributed by atoms with E-state index in [0.717, 1.165) is 0 Å². The van der Waals surface area contributed by atoms with E-state index in [0.29, 0.717) is 5.56 Å². The Morgan fingerprint density at radius 2 is 1.85 bits per heavy atom. The summed E-state index contributed by atoms with van der Waals surface area (Å²) in [5.74, 6) is -1.00. The van der Waals surface area contributed by atoms with Gasteiger partial charge in [-0.2, -0.15) is 0 Å². The van der Waals surface area contributed by atoms with Crippen molar-refractivity contribution in [3.05, 3.63) is 53.2 Å². The molecular formula is C14H10ClNO4. The number of halogens is 1. The van der Waals surface area contributed by atoms with Crippen LogP contribution in [0.5, 0.6) is 11.6 Å². The zero-order valence-electron chi connectivity index (χ0n) is 10.5. The average Bonchev–Trinajstić information content (AvgIpc) is 2.43. The molecule has 0 bridgehead atoms. The molecule has 5 nitrogen and oxygen atoms in total. The van der Waals surface area contributed by atoms with Gasteiger partial charge in [0.2, 0.25) is 5.88 Å². The number of hydrogen-bond acceptors (Lipinski definition) is 5. The van der Waals surface area contributed by atoms with Gasteiger partial charge in [-0.3, -0.25) is 4.79 Å². The first-order valence-electron chi connectivity index (χ1n) is 5.67. The number of nitrogens with zero attached hydrogens (tertiary/aromatic N) is 1. The van der Waals surface area contributed by atoms with Crippen LogP contribution in [0.15, 0.2) is 42.6 Å². The van der Waals surface area contributed by atoms with Crippen molar-refractivity contribution in [3.8, 4) is 11.6 Å². The minimum absolute atomic E-state index is 0.000460. The van der Waals surface area contributed by atoms with E-state index in [-0.39, 0.29) is 16.7 Å². The summed E-state index contributed by atoms with van der Waals surface area (Å²) >= 11 is 5.81. The lowest BCUT2D eigenvalue weighted by molar-refractivity contribution is -0.131. The number of rotatable bonds is 3. The fraction of sp³-hybridized carbons (Fsp3) is 0.0714. The third-order valence-corrected chi connectivity index (χ3v) is 2.54. The molecule has 0 saturated heterocycles. The molecule has 0 spiro atoms. The van der Waals surface area contributed by atoms with E-state index >= 15 is 0 Å². The van der Waals surface area contributed by atoms with Crippen molar-refractivity contribution in [2.24, 2.45) is 0 Å². The Hall–Kier alpha value is -2.40. The molecule has 102 valence electrons. The maximum Gasteiger partial charge on any atom is 0.344 e. The van der Waals surface area contributed by atoms with Crippen molar-refractivity contribution in [1.82, 2.24) is 4.98 Å². The minimum Gasteiger partial charge on any atom is -0.425 e. The fourth-order valence-corrected chi connectivity index (χ4v) is 1.56. The van der Waals surface area contributed by atoms with Crippen LogP contribution in [-0.2, 0) is 4.79 Å². The molecule has 20 heavy (non-hydrogen) atoms. The van der Waals surface area contributed by atoms with Crippen molar-refractivity contribution in [3.63, 3.8) is 0 Å². The molecule has 1 heterocycles. The monoisotopic (exact) mass is 291 g/mol. The van der Waals surface area contributed by atoms with Crippen LogP contribution in [0.4, 0.5) is 0 Å². The zero-order chi connectivity index (χ0) is 14.5. The maximum absolute atomic E-state index is 11.8. The van der Waals surface area contributed by atoms with Crippen LogP contribution in [0, 0.1) is 0 Å². The number of ether oxygens (including phenoxy) is 2. The van der Waals surface area contributed by atoms with Gasteiger partial charge in [-0.05, 0) is 12.1 Å². The normalized spacial score (nSPS) is 9.90. The summed E-state index contributed by atoms with van der Waals surface area (Å²) in [4.78, 5) is 26.6. The highest BCUT2D eigenvalue weighted by Gasteiger charge is 2.12. The van der Waals surface area contributed by atoms with Gasteiger partial charge in [-0.15, -0.1) is 0 Å². The first-order valence-corrected chi connectivity index (χ1v) is 6.05. The molecule has 0 unspecified atom stereocenters. The maximum atomic E-state index is 11.8. The molecule has 0 atom stereocenters. The van der Waals surface area contributed by atoms with E-state index < -0.39 is 11.9 Å². The SMILES string of the molecule is CC(=O)Oc1cc(OC(=O)c2ccccc2)ncc1Cl. The number of carbonyl (C=O) groups is 2. The number of pyridine rings is 1. The van der Waals surface area contributed by atoms with Gasteiger partial charge in [-0.1, -0.05) is 29.8 Å². The highest BCUT2D eigenvalue weighted by Crippen LogP contribution is 2.27. The number of benzene rings is 1. The summed E-state index contributed by atoms with van der Waals surface area (Å²) in [6.07, 6.45) is 1.24. The topological polar surface area (TPSA) is 65.5 Å². The van der Waals surface area contributed by atoms with Crippen LogP contribution >= 0.6 is 11.6 Å². The molecule has 2 aromatic rings. The Balaban J connectivity index is 2.18. The van der Waals surface area contributed by atoms with Crippen LogP contribution in [0.25, 0.3) is 0 Å². The highest BCUT2D eigenvalue weighted by atomic mass is 35.5. The summed E-state index contributed by atoms with van der Waals surface area (Å²) in [6, 6.07) is 9.74. The lowest BCUT2D eigenvalue weighted by Crippen LogP contribution is -2.10. The minimum atomic E-state index is -0.561. The smallest absolute Gasteiger partial charge is 0.344 e. The van der Waals surface area contributed by atoms with Crippen molar-refractivity contribution >= 4 is 23.5 Å². The standard InChI is InChI=1S/C14H10ClNO4/c1-9(17)19-12-7-13(16-8-11(12)15)20-14(18)10-5-3-2-4-6-10/h2-8H,1H3. The molecule has 0 radical (unpaired) electrons. The van der Waals surface area contributed by atoms with Gasteiger partial charge in [0.1, 0.15) is 5.02 Å². The summed E-state index contributed by atoms with van der Waals surface area (Å²) in [5, 5.41) is 0.153. The Labute approximate surface area is 120 Å². The van der Waals surface area contributed by atoms with Crippen LogP contribution in [0.3, 0.4) is 0 Å². The van der Waals surface area contributed by atoms with E-state index in [9.17, 15) is 9.59 Å². The van der Waals surface area contributed by atoms with Crippen LogP contribution in [-0.4, -0.2) is 16.9 Å². The Bertz CT molecular complexity index is 643. The summed E-state index contributed by atoms with van der Waals surface area (Å²) in [5.41, 5.74) is 0.387. The molecule has 0 amide bonds. The quantitative estimate of drug-likeness (QED) is 0.814. The Kier molecular flexibility index (Phi) is 4.32. The number of hydrogen-bond donors (Lipinski definition) is 0. The lowest BCUT2D eigenvalue weighted by atomic mass is 10.2. The third kappa shape index (κ3) is 3.55. The molecule has 0 aliphatic heterocycles. The molecule has 0 aliphatic carbocycles. The van der Waals surface area contributed by atoms with Gasteiger partial charge < -0.3 is 9.47 Å². The van der Waals surface area contributed by atoms with E-state index in [4.69, 9.17) is 21.1 Å². The van der Waals surface area contributed by atoms with Crippen molar-refractivity contribution in [1.29, 1.82) is 0 Å². The second kappa shape index (κ2) is 6.16. The molecule has 1 aromatic carbocycles. The fourth-order valence-electron chi connectivity index (χ4n) is 1.42. The average molecular weight is 292 g/mol. The van der Waals surface area contributed by atoms with Crippen molar-refractivity contribution < 1.29 is 19.1 Å². The number of esters is 2. The molecule has 0 saturated carbocycles. The lowest BCUT2D eigenvalue weighted by Gasteiger charge is -2.07. The second-order valence-corrected chi connectivity index (χ2v) is 4.21. The first kappa shape index (κ1) is 14.0. The predicted molar refractivity (Wildman–Crippen MR) is 72.0 cm³/mol. The zero-order valence-corrected chi connectivity index (χ0v) is 11.3. The highest BCUT2D eigenvalue weighted by molar-refractivity contribution is 6.32. The van der Waals surface area contributed by atoms with Crippen LogP contribution < -0.4 is 9.47 Å². The van der Waals surface area contributed by atoms with Gasteiger partial charge >= 0.3 is 11.9 Å². The molecular weight excluding hydrogens is 282 g/mol. The number of carbonyl (C=O) groups excluding carboxylic acids is 2. The van der Waals surface area contributed by atoms with Gasteiger partial charge in [0.25, 0.3) is 0 Å². The second-order valence-electron chi connectivity index (χ2n) is 3.80. The summed E-state index contributed by atoms with van der Waals surface area (Å²) in [7, 11) is 0. The van der Waals surface area contributed by atoms with Gasteiger partial charge in [0.05, 0.1) is 11.8 Å². The van der Waals surface area contributed by atoms with Gasteiger partial charge in [-0.25, -0.2) is 9.78 Å². The summed E-state index contributed by atoms with van der Waals surface area (Å²) < 4.78 is 9.95. The van der Waals surface area contributed by atoms with Crippen LogP contribution in [0.2, 0.25) is 5.02 Å². The van der Waals surface area contributed by atoms with Gasteiger partial charge in [0.15, 0.2) is 5.75 Å². The third-order valence-electron chi connectivity index (χ3n) is 2.26. The largest absolute Gasteiger partial charge is 0.425 e. The molecule has 1 aromatic heterocycles. The first-order chi connectivity index (χ1) is 9.56. The molecule has 2 rings (SSSR count). The van der Waals surface area contributed by atoms with Crippen LogP contribution in [0.1, 0.15) is 17.3 Å². The summed E-state index contributed by atoms with van der Waals surface area (Å²) in [6.45, 7) is 1.24. The molecule has 0 N–H and O–H groups in total. The van der Waals surface area contributed by atoms with E-state index in [1.807, 2.05) is 0 Å².